The molecule has 7 nitrogen and oxygen atoms in total. The second kappa shape index (κ2) is 8.70. The molecule has 0 radical (unpaired) electrons. The molecule has 2 aromatic carbocycles. The first-order valence-corrected chi connectivity index (χ1v) is 12.0. The van der Waals surface area contributed by atoms with Crippen molar-refractivity contribution >= 4 is 5.91 Å². The van der Waals surface area contributed by atoms with Crippen molar-refractivity contribution in [1.29, 1.82) is 0 Å². The number of rotatable bonds is 5. The van der Waals surface area contributed by atoms with Gasteiger partial charge in [0.2, 0.25) is 0 Å². The number of likely N-dealkylation sites (tertiary alicyclic amines) is 1. The Morgan fingerprint density at radius 2 is 1.82 bits per heavy atom. The second-order valence-electron chi connectivity index (χ2n) is 8.85. The summed E-state index contributed by atoms with van der Waals surface area (Å²) in [4.78, 5) is 15.5. The number of fused-ring (bicyclic) bond motifs is 4. The van der Waals surface area contributed by atoms with Crippen LogP contribution in [0.1, 0.15) is 48.2 Å². The zero-order valence-electron chi connectivity index (χ0n) is 20.3. The summed E-state index contributed by atoms with van der Waals surface area (Å²) < 4.78 is 20.2. The Morgan fingerprint density at radius 1 is 1.09 bits per heavy atom. The standard InChI is InChI=1S/C27H31N3O4/c1-5-32-22-12-11-20(25(18(22)3)33-6-2)26(31)30-15-13-27(14-16-30)21-17-28-29(4)24(21)19-9-7-8-10-23(19)34-27/h7-12,17H,5-6,13-16H2,1-4H3. The van der Waals surface area contributed by atoms with Crippen molar-refractivity contribution in [2.24, 2.45) is 7.05 Å². The van der Waals surface area contributed by atoms with E-state index < -0.39 is 5.60 Å². The van der Waals surface area contributed by atoms with Gasteiger partial charge in [0.1, 0.15) is 22.8 Å². The van der Waals surface area contributed by atoms with Crippen LogP contribution in [0, 0.1) is 6.92 Å². The van der Waals surface area contributed by atoms with E-state index in [1.54, 1.807) is 0 Å². The summed E-state index contributed by atoms with van der Waals surface area (Å²) in [7, 11) is 1.97. The van der Waals surface area contributed by atoms with Gasteiger partial charge in [0.05, 0.1) is 30.7 Å². The maximum absolute atomic E-state index is 13.6. The Bertz CT molecular complexity index is 1220. The van der Waals surface area contributed by atoms with Crippen LogP contribution in [0.4, 0.5) is 0 Å². The van der Waals surface area contributed by atoms with Crippen molar-refractivity contribution in [2.45, 2.75) is 39.2 Å². The van der Waals surface area contributed by atoms with Crippen LogP contribution >= 0.6 is 0 Å². The normalized spacial score (nSPS) is 15.9. The number of para-hydroxylation sites is 1. The third-order valence-electron chi connectivity index (χ3n) is 6.91. The molecule has 0 bridgehead atoms. The molecule has 1 spiro atoms. The van der Waals surface area contributed by atoms with Crippen LogP contribution in [0.15, 0.2) is 42.6 Å². The van der Waals surface area contributed by atoms with Crippen molar-refractivity contribution in [2.75, 3.05) is 26.3 Å². The molecule has 3 aromatic rings. The number of piperidine rings is 1. The van der Waals surface area contributed by atoms with E-state index in [4.69, 9.17) is 14.2 Å². The molecule has 2 aliphatic rings. The molecule has 2 aliphatic heterocycles. The van der Waals surface area contributed by atoms with Crippen molar-refractivity contribution in [3.05, 3.63) is 59.3 Å². The third-order valence-corrected chi connectivity index (χ3v) is 6.91. The largest absolute Gasteiger partial charge is 0.493 e. The lowest BCUT2D eigenvalue weighted by Gasteiger charge is -2.44. The number of nitrogens with zero attached hydrogens (tertiary/aromatic N) is 3. The van der Waals surface area contributed by atoms with Crippen molar-refractivity contribution in [3.8, 4) is 28.5 Å². The van der Waals surface area contributed by atoms with Gasteiger partial charge in [0, 0.05) is 49.7 Å². The molecule has 34 heavy (non-hydrogen) atoms. The summed E-state index contributed by atoms with van der Waals surface area (Å²) in [6, 6.07) is 11.8. The lowest BCUT2D eigenvalue weighted by Crippen LogP contribution is -2.49. The highest BCUT2D eigenvalue weighted by atomic mass is 16.5. The second-order valence-corrected chi connectivity index (χ2v) is 8.85. The van der Waals surface area contributed by atoms with Gasteiger partial charge in [-0.25, -0.2) is 0 Å². The van der Waals surface area contributed by atoms with E-state index in [9.17, 15) is 4.79 Å². The highest BCUT2D eigenvalue weighted by molar-refractivity contribution is 5.98. The lowest BCUT2D eigenvalue weighted by molar-refractivity contribution is -0.00181. The van der Waals surface area contributed by atoms with E-state index in [0.717, 1.165) is 33.9 Å². The van der Waals surface area contributed by atoms with Crippen molar-refractivity contribution in [1.82, 2.24) is 14.7 Å². The summed E-state index contributed by atoms with van der Waals surface area (Å²) in [6.45, 7) is 8.04. The maximum Gasteiger partial charge on any atom is 0.257 e. The van der Waals surface area contributed by atoms with E-state index in [1.807, 2.05) is 73.9 Å². The van der Waals surface area contributed by atoms with E-state index in [0.29, 0.717) is 50.5 Å². The van der Waals surface area contributed by atoms with E-state index in [-0.39, 0.29) is 5.91 Å². The highest BCUT2D eigenvalue weighted by Gasteiger charge is 2.46. The minimum absolute atomic E-state index is 0.0212. The molecule has 178 valence electrons. The molecule has 1 aromatic heterocycles. The quantitative estimate of drug-likeness (QED) is 0.550. The zero-order valence-corrected chi connectivity index (χ0v) is 20.3. The minimum atomic E-state index is -0.480. The Labute approximate surface area is 200 Å². The summed E-state index contributed by atoms with van der Waals surface area (Å²) in [5.41, 5.74) is 4.22. The number of hydrogen-bond acceptors (Lipinski definition) is 5. The van der Waals surface area contributed by atoms with Gasteiger partial charge in [-0.15, -0.1) is 0 Å². The highest BCUT2D eigenvalue weighted by Crippen LogP contribution is 2.49. The number of carbonyl (C=O) groups excluding carboxylic acids is 1. The van der Waals surface area contributed by atoms with Crippen LogP contribution in [-0.4, -0.2) is 46.9 Å². The van der Waals surface area contributed by atoms with Gasteiger partial charge in [-0.2, -0.15) is 5.10 Å². The molecule has 1 fully saturated rings. The van der Waals surface area contributed by atoms with E-state index in [2.05, 4.69) is 11.2 Å². The van der Waals surface area contributed by atoms with Crippen LogP contribution in [-0.2, 0) is 12.6 Å². The SMILES string of the molecule is CCOc1ccc(C(=O)N2CCC3(CC2)Oc2ccccc2-c2c3cnn2C)c(OCC)c1C. The maximum atomic E-state index is 13.6. The van der Waals surface area contributed by atoms with Crippen LogP contribution in [0.2, 0.25) is 0 Å². The van der Waals surface area contributed by atoms with Crippen LogP contribution in [0.25, 0.3) is 11.3 Å². The van der Waals surface area contributed by atoms with E-state index >= 15 is 0 Å². The van der Waals surface area contributed by atoms with Crippen LogP contribution in [0.5, 0.6) is 17.2 Å². The summed E-state index contributed by atoms with van der Waals surface area (Å²) in [6.07, 6.45) is 3.32. The Hall–Kier alpha value is -3.48. The van der Waals surface area contributed by atoms with Gasteiger partial charge in [-0.3, -0.25) is 9.48 Å². The topological polar surface area (TPSA) is 65.8 Å². The Balaban J connectivity index is 1.41. The molecular formula is C27H31N3O4. The summed E-state index contributed by atoms with van der Waals surface area (Å²) in [5.74, 6) is 2.21. The molecule has 7 heteroatoms. The number of hydrogen-bond donors (Lipinski definition) is 0. The Kier molecular flexibility index (Phi) is 5.71. The van der Waals surface area contributed by atoms with Gasteiger partial charge < -0.3 is 19.1 Å². The molecule has 1 saturated heterocycles. The van der Waals surface area contributed by atoms with E-state index in [1.165, 1.54) is 0 Å². The molecule has 1 amide bonds. The number of ether oxygens (including phenoxy) is 3. The molecule has 5 rings (SSSR count). The van der Waals surface area contributed by atoms with Gasteiger partial charge in [-0.1, -0.05) is 12.1 Å². The van der Waals surface area contributed by atoms with Gasteiger partial charge in [-0.05, 0) is 45.0 Å². The van der Waals surface area contributed by atoms with Crippen molar-refractivity contribution in [3.63, 3.8) is 0 Å². The molecule has 0 unspecified atom stereocenters. The summed E-state index contributed by atoms with van der Waals surface area (Å²) >= 11 is 0. The molecular weight excluding hydrogens is 430 g/mol. The van der Waals surface area contributed by atoms with Crippen molar-refractivity contribution < 1.29 is 19.0 Å². The predicted octanol–water partition coefficient (Wildman–Crippen LogP) is 4.72. The zero-order chi connectivity index (χ0) is 23.9. The monoisotopic (exact) mass is 461 g/mol. The molecule has 3 heterocycles. The third kappa shape index (κ3) is 3.50. The fourth-order valence-corrected chi connectivity index (χ4v) is 5.20. The molecule has 0 saturated carbocycles. The first kappa shape index (κ1) is 22.3. The molecule has 0 N–H and O–H groups in total. The number of amides is 1. The predicted molar refractivity (Wildman–Crippen MR) is 130 cm³/mol. The molecule has 0 aliphatic carbocycles. The van der Waals surface area contributed by atoms with Crippen LogP contribution < -0.4 is 14.2 Å². The van der Waals surface area contributed by atoms with Gasteiger partial charge in [0.25, 0.3) is 5.91 Å². The fraction of sp³-hybridized carbons (Fsp3) is 0.407. The first-order chi connectivity index (χ1) is 16.5. The fourth-order valence-electron chi connectivity index (χ4n) is 5.20. The summed E-state index contributed by atoms with van der Waals surface area (Å²) in [5, 5.41) is 4.54. The average Bonchev–Trinajstić information content (AvgIpc) is 3.25. The van der Waals surface area contributed by atoms with Gasteiger partial charge in [0.15, 0.2) is 0 Å². The number of benzene rings is 2. The number of aryl methyl sites for hydroxylation is 1. The van der Waals surface area contributed by atoms with Crippen LogP contribution in [0.3, 0.4) is 0 Å². The smallest absolute Gasteiger partial charge is 0.257 e. The lowest BCUT2D eigenvalue weighted by atomic mass is 9.81. The molecule has 0 atom stereocenters. The Morgan fingerprint density at radius 3 is 2.56 bits per heavy atom. The minimum Gasteiger partial charge on any atom is -0.493 e. The first-order valence-electron chi connectivity index (χ1n) is 12.0. The van der Waals surface area contributed by atoms with Gasteiger partial charge >= 0.3 is 0 Å². The number of carbonyl (C=O) groups is 1. The average molecular weight is 462 g/mol. The number of aromatic nitrogens is 2.